The second-order valence-electron chi connectivity index (χ2n) is 8.77. The van der Waals surface area contributed by atoms with E-state index in [1.165, 1.54) is 7.05 Å². The Morgan fingerprint density at radius 2 is 1.23 bits per heavy atom. The van der Waals surface area contributed by atoms with Gasteiger partial charge in [0, 0.05) is 12.6 Å². The molecule has 0 saturated heterocycles. The lowest BCUT2D eigenvalue weighted by atomic mass is 9.65. The maximum Gasteiger partial charge on any atom is 0.354 e. The summed E-state index contributed by atoms with van der Waals surface area (Å²) < 4.78 is 0. The summed E-state index contributed by atoms with van der Waals surface area (Å²) in [5.74, 6) is -2.48. The Kier molecular flexibility index (Phi) is 10.1. The zero-order chi connectivity index (χ0) is 28.3. The SMILES string of the molecule is CN[C@@H](CCC(N)=O)C(=O)O.O=C(O)c1ccc(C(c2ccccc2)(c2ccccc2)c2ccccc2)cn1. The van der Waals surface area contributed by atoms with Crippen LogP contribution in [0, 0.1) is 0 Å². The Hall–Kier alpha value is -4.82. The quantitative estimate of drug-likeness (QED) is 0.228. The van der Waals surface area contributed by atoms with Gasteiger partial charge in [0.15, 0.2) is 0 Å². The molecule has 5 N–H and O–H groups in total. The minimum atomic E-state index is -1.03. The molecule has 1 heterocycles. The summed E-state index contributed by atoms with van der Waals surface area (Å²) >= 11 is 0. The number of likely N-dealkylation sites (N-methyl/N-ethyl adjacent to an activating group) is 1. The van der Waals surface area contributed by atoms with Gasteiger partial charge in [-0.2, -0.15) is 0 Å². The van der Waals surface area contributed by atoms with Crippen LogP contribution < -0.4 is 11.1 Å². The van der Waals surface area contributed by atoms with Gasteiger partial charge in [-0.15, -0.1) is 0 Å². The van der Waals surface area contributed by atoms with Gasteiger partial charge >= 0.3 is 11.9 Å². The van der Waals surface area contributed by atoms with Gasteiger partial charge in [0.05, 0.1) is 5.41 Å². The second-order valence-corrected chi connectivity index (χ2v) is 8.77. The first-order valence-electron chi connectivity index (χ1n) is 12.4. The van der Waals surface area contributed by atoms with Crippen molar-refractivity contribution >= 4 is 17.8 Å². The van der Waals surface area contributed by atoms with Crippen LogP contribution in [-0.4, -0.2) is 46.1 Å². The third-order valence-corrected chi connectivity index (χ3v) is 6.36. The van der Waals surface area contributed by atoms with Crippen LogP contribution in [0.15, 0.2) is 109 Å². The predicted octanol–water partition coefficient (Wildman–Crippen LogP) is 4.09. The average molecular weight is 526 g/mol. The number of nitrogens with one attached hydrogen (secondary N) is 1. The van der Waals surface area contributed by atoms with Gasteiger partial charge in [-0.3, -0.25) is 9.59 Å². The van der Waals surface area contributed by atoms with Crippen molar-refractivity contribution < 1.29 is 24.6 Å². The molecule has 0 saturated carbocycles. The molecular weight excluding hydrogens is 494 g/mol. The number of carboxylic acid groups (broad SMARTS) is 2. The maximum absolute atomic E-state index is 11.3. The minimum absolute atomic E-state index is 0.0341. The van der Waals surface area contributed by atoms with E-state index in [2.05, 4.69) is 46.7 Å². The lowest BCUT2D eigenvalue weighted by Gasteiger charge is -2.36. The van der Waals surface area contributed by atoms with Crippen LogP contribution in [-0.2, 0) is 15.0 Å². The number of carbonyl (C=O) groups excluding carboxylic acids is 1. The van der Waals surface area contributed by atoms with E-state index in [1.54, 1.807) is 12.3 Å². The molecule has 1 atom stereocenters. The third-order valence-electron chi connectivity index (χ3n) is 6.36. The number of aromatic nitrogens is 1. The number of hydrogen-bond donors (Lipinski definition) is 4. The molecule has 0 bridgehead atoms. The molecule has 8 nitrogen and oxygen atoms in total. The Bertz CT molecular complexity index is 1270. The number of aromatic carboxylic acids is 1. The predicted molar refractivity (Wildman–Crippen MR) is 148 cm³/mol. The van der Waals surface area contributed by atoms with Gasteiger partial charge < -0.3 is 21.3 Å². The maximum atomic E-state index is 11.3. The molecule has 1 aromatic heterocycles. The van der Waals surface area contributed by atoms with E-state index in [-0.39, 0.29) is 18.5 Å². The molecule has 4 rings (SSSR count). The summed E-state index contributed by atoms with van der Waals surface area (Å²) in [6.07, 6.45) is 2.01. The smallest absolute Gasteiger partial charge is 0.354 e. The number of carbonyl (C=O) groups is 3. The molecule has 0 radical (unpaired) electrons. The fourth-order valence-electron chi connectivity index (χ4n) is 4.48. The van der Waals surface area contributed by atoms with Crippen molar-refractivity contribution in [2.45, 2.75) is 24.3 Å². The van der Waals surface area contributed by atoms with Crippen LogP contribution in [0.5, 0.6) is 0 Å². The van der Waals surface area contributed by atoms with Crippen LogP contribution in [0.4, 0.5) is 0 Å². The minimum Gasteiger partial charge on any atom is -0.480 e. The summed E-state index contributed by atoms with van der Waals surface area (Å²) in [7, 11) is 1.53. The molecule has 0 aliphatic heterocycles. The molecule has 1 amide bonds. The van der Waals surface area contributed by atoms with Crippen LogP contribution in [0.1, 0.15) is 45.6 Å². The van der Waals surface area contributed by atoms with Crippen molar-refractivity contribution in [2.75, 3.05) is 7.05 Å². The summed E-state index contributed by atoms with van der Waals surface area (Å²) in [4.78, 5) is 36.1. The fourth-order valence-corrected chi connectivity index (χ4v) is 4.48. The lowest BCUT2D eigenvalue weighted by Crippen LogP contribution is -2.34. The lowest BCUT2D eigenvalue weighted by molar-refractivity contribution is -0.139. The van der Waals surface area contributed by atoms with Gasteiger partial charge in [-0.05, 0) is 41.8 Å². The molecule has 3 aromatic carbocycles. The monoisotopic (exact) mass is 525 g/mol. The number of pyridine rings is 1. The Morgan fingerprint density at radius 1 is 0.769 bits per heavy atom. The van der Waals surface area contributed by atoms with Crippen LogP contribution in [0.3, 0.4) is 0 Å². The first-order valence-corrected chi connectivity index (χ1v) is 12.4. The van der Waals surface area contributed by atoms with Crippen molar-refractivity contribution in [1.82, 2.24) is 10.3 Å². The Labute approximate surface area is 227 Å². The molecule has 0 fully saturated rings. The fraction of sp³-hybridized carbons (Fsp3) is 0.161. The van der Waals surface area contributed by atoms with Gasteiger partial charge in [-0.1, -0.05) is 97.1 Å². The van der Waals surface area contributed by atoms with E-state index in [9.17, 15) is 19.5 Å². The number of nitrogens with two attached hydrogens (primary N) is 1. The van der Waals surface area contributed by atoms with E-state index in [0.29, 0.717) is 0 Å². The molecule has 200 valence electrons. The number of carboxylic acids is 2. The highest BCUT2D eigenvalue weighted by atomic mass is 16.4. The van der Waals surface area contributed by atoms with Gasteiger partial charge in [0.1, 0.15) is 11.7 Å². The van der Waals surface area contributed by atoms with E-state index in [4.69, 9.17) is 10.8 Å². The Morgan fingerprint density at radius 3 is 1.54 bits per heavy atom. The number of nitrogens with zero attached hydrogens (tertiary/aromatic N) is 1. The third kappa shape index (κ3) is 6.94. The Balaban J connectivity index is 0.000000325. The molecular formula is C31H31N3O5. The number of primary amides is 1. The highest BCUT2D eigenvalue weighted by molar-refractivity contribution is 5.85. The summed E-state index contributed by atoms with van der Waals surface area (Å²) in [6, 6.07) is 33.5. The average Bonchev–Trinajstić information content (AvgIpc) is 2.96. The van der Waals surface area contributed by atoms with Crippen molar-refractivity contribution in [3.05, 3.63) is 137 Å². The van der Waals surface area contributed by atoms with E-state index in [1.807, 2.05) is 60.7 Å². The second kappa shape index (κ2) is 13.6. The molecule has 0 spiro atoms. The molecule has 39 heavy (non-hydrogen) atoms. The van der Waals surface area contributed by atoms with Crippen molar-refractivity contribution in [3.8, 4) is 0 Å². The standard InChI is InChI=1S/C25H19NO2.C6H12N2O3/c27-24(28)23-17-16-22(18-26-23)25(19-10-4-1-5-11-19,20-12-6-2-7-13-20)21-14-8-3-9-15-21;1-8-4(6(10)11)2-3-5(7)9/h1-18H,(H,27,28);4,8H,2-3H2,1H3,(H2,7,9)(H,10,11)/t;4-/m.0/s1. The van der Waals surface area contributed by atoms with Gasteiger partial charge in [0.2, 0.25) is 5.91 Å². The molecule has 8 heteroatoms. The highest BCUT2D eigenvalue weighted by Crippen LogP contribution is 2.44. The first kappa shape index (κ1) is 28.7. The van der Waals surface area contributed by atoms with Gasteiger partial charge in [-0.25, -0.2) is 9.78 Å². The van der Waals surface area contributed by atoms with E-state index in [0.717, 1.165) is 22.3 Å². The highest BCUT2D eigenvalue weighted by Gasteiger charge is 2.38. The zero-order valence-corrected chi connectivity index (χ0v) is 21.5. The zero-order valence-electron chi connectivity index (χ0n) is 21.5. The normalized spacial score (nSPS) is 11.5. The summed E-state index contributed by atoms with van der Waals surface area (Å²) in [5.41, 5.74) is 8.47. The molecule has 0 aliphatic carbocycles. The number of benzene rings is 3. The number of aliphatic carboxylic acids is 1. The van der Waals surface area contributed by atoms with Gasteiger partial charge in [0.25, 0.3) is 0 Å². The number of hydrogen-bond acceptors (Lipinski definition) is 5. The van der Waals surface area contributed by atoms with Crippen molar-refractivity contribution in [3.63, 3.8) is 0 Å². The van der Waals surface area contributed by atoms with Crippen molar-refractivity contribution in [2.24, 2.45) is 5.73 Å². The molecule has 4 aromatic rings. The molecule has 0 aliphatic rings. The molecule has 0 unspecified atom stereocenters. The van der Waals surface area contributed by atoms with Crippen LogP contribution in [0.25, 0.3) is 0 Å². The van der Waals surface area contributed by atoms with Crippen LogP contribution >= 0.6 is 0 Å². The van der Waals surface area contributed by atoms with Crippen molar-refractivity contribution in [1.29, 1.82) is 0 Å². The first-order chi connectivity index (χ1) is 18.8. The summed E-state index contributed by atoms with van der Waals surface area (Å²) in [6.45, 7) is 0. The van der Waals surface area contributed by atoms with E-state index >= 15 is 0 Å². The number of amides is 1. The van der Waals surface area contributed by atoms with E-state index < -0.39 is 29.3 Å². The topological polar surface area (TPSA) is 143 Å². The van der Waals surface area contributed by atoms with Crippen LogP contribution in [0.2, 0.25) is 0 Å². The summed E-state index contributed by atoms with van der Waals surface area (Å²) in [5, 5.41) is 20.3. The number of rotatable bonds is 10. The largest absolute Gasteiger partial charge is 0.480 e.